The largest absolute Gasteiger partial charge is 0.374 e. The lowest BCUT2D eigenvalue weighted by molar-refractivity contribution is 0.0937. The third-order valence-corrected chi connectivity index (χ3v) is 5.96. The predicted molar refractivity (Wildman–Crippen MR) is 110 cm³/mol. The van der Waals surface area contributed by atoms with Crippen molar-refractivity contribution in [1.29, 1.82) is 0 Å². The summed E-state index contributed by atoms with van der Waals surface area (Å²) in [6, 6.07) is 12.8. The lowest BCUT2D eigenvalue weighted by atomic mass is 9.96. The van der Waals surface area contributed by atoms with Gasteiger partial charge < -0.3 is 10.2 Å². The first-order valence-corrected chi connectivity index (χ1v) is 10.2. The highest BCUT2D eigenvalue weighted by Crippen LogP contribution is 2.31. The van der Waals surface area contributed by atoms with E-state index in [-0.39, 0.29) is 17.8 Å². The molecule has 0 radical (unpaired) electrons. The number of rotatable bonds is 5. The van der Waals surface area contributed by atoms with Gasteiger partial charge in [-0.3, -0.25) is 9.69 Å². The summed E-state index contributed by atoms with van der Waals surface area (Å²) >= 11 is 0. The average Bonchev–Trinajstić information content (AvgIpc) is 3.22. The van der Waals surface area contributed by atoms with Crippen LogP contribution in [-0.4, -0.2) is 44.0 Å². The number of benzene rings is 2. The van der Waals surface area contributed by atoms with Gasteiger partial charge in [-0.05, 0) is 74.2 Å². The highest BCUT2D eigenvalue weighted by atomic mass is 19.1. The van der Waals surface area contributed by atoms with Crippen molar-refractivity contribution in [3.63, 3.8) is 0 Å². The first-order chi connectivity index (χ1) is 13.6. The maximum Gasteiger partial charge on any atom is 0.251 e. The van der Waals surface area contributed by atoms with Gasteiger partial charge in [-0.1, -0.05) is 18.2 Å². The number of aryl methyl sites for hydroxylation is 1. The molecule has 1 amide bonds. The molecule has 28 heavy (non-hydrogen) atoms. The van der Waals surface area contributed by atoms with Gasteiger partial charge in [0.15, 0.2) is 0 Å². The fourth-order valence-corrected chi connectivity index (χ4v) is 4.44. The maximum absolute atomic E-state index is 13.4. The molecule has 0 saturated carbocycles. The standard InChI is InChI=1S/C23H28FN3O/c1-26-11-5-7-17-14-18(9-10-21(17)26)22(27-12-2-3-13-27)16-25-23(28)19-6-4-8-20(24)15-19/h4,6,8-10,14-15,22H,2-3,5,7,11-13,16H2,1H3,(H,25,28)/t22-/m1/s1. The topological polar surface area (TPSA) is 35.6 Å². The summed E-state index contributed by atoms with van der Waals surface area (Å²) in [7, 11) is 2.15. The zero-order valence-electron chi connectivity index (χ0n) is 16.5. The van der Waals surface area contributed by atoms with Crippen molar-refractivity contribution in [3.05, 3.63) is 65.0 Å². The van der Waals surface area contributed by atoms with Gasteiger partial charge in [-0.2, -0.15) is 0 Å². The van der Waals surface area contributed by atoms with E-state index in [0.717, 1.165) is 26.1 Å². The quantitative estimate of drug-likeness (QED) is 0.856. The van der Waals surface area contributed by atoms with Crippen molar-refractivity contribution >= 4 is 11.6 Å². The molecular formula is C23H28FN3O. The number of anilines is 1. The van der Waals surface area contributed by atoms with Crippen LogP contribution in [0.25, 0.3) is 0 Å². The third-order valence-electron chi connectivity index (χ3n) is 5.96. The lowest BCUT2D eigenvalue weighted by Crippen LogP contribution is -2.37. The van der Waals surface area contributed by atoms with Crippen LogP contribution in [0.1, 0.15) is 46.8 Å². The Morgan fingerprint density at radius 2 is 1.93 bits per heavy atom. The van der Waals surface area contributed by atoms with Gasteiger partial charge in [0.2, 0.25) is 0 Å². The van der Waals surface area contributed by atoms with Gasteiger partial charge in [0.25, 0.3) is 5.91 Å². The summed E-state index contributed by atoms with van der Waals surface area (Å²) in [4.78, 5) is 17.3. The summed E-state index contributed by atoms with van der Waals surface area (Å²) in [5, 5.41) is 3.03. The molecule has 1 atom stereocenters. The van der Waals surface area contributed by atoms with Gasteiger partial charge in [0, 0.05) is 31.4 Å². The highest BCUT2D eigenvalue weighted by molar-refractivity contribution is 5.94. The average molecular weight is 381 g/mol. The second-order valence-electron chi connectivity index (χ2n) is 7.89. The molecule has 0 spiro atoms. The number of halogens is 1. The monoisotopic (exact) mass is 381 g/mol. The van der Waals surface area contributed by atoms with Crippen LogP contribution in [0.4, 0.5) is 10.1 Å². The normalized spacial score (nSPS) is 18.0. The molecular weight excluding hydrogens is 353 g/mol. The Labute approximate surface area is 166 Å². The van der Waals surface area contributed by atoms with Crippen LogP contribution in [0.3, 0.4) is 0 Å². The van der Waals surface area contributed by atoms with Gasteiger partial charge in [-0.25, -0.2) is 4.39 Å². The maximum atomic E-state index is 13.4. The molecule has 1 N–H and O–H groups in total. The van der Waals surface area contributed by atoms with Crippen LogP contribution >= 0.6 is 0 Å². The van der Waals surface area contributed by atoms with Gasteiger partial charge in [-0.15, -0.1) is 0 Å². The fourth-order valence-electron chi connectivity index (χ4n) is 4.44. The van der Waals surface area contributed by atoms with Crippen molar-refractivity contribution in [2.45, 2.75) is 31.7 Å². The van der Waals surface area contributed by atoms with E-state index in [1.165, 1.54) is 48.2 Å². The summed E-state index contributed by atoms with van der Waals surface area (Å²) in [6.07, 6.45) is 4.68. The first kappa shape index (κ1) is 18.9. The van der Waals surface area contributed by atoms with Crippen molar-refractivity contribution < 1.29 is 9.18 Å². The van der Waals surface area contributed by atoms with Crippen LogP contribution in [0.15, 0.2) is 42.5 Å². The number of nitrogens with zero attached hydrogens (tertiary/aromatic N) is 2. The molecule has 1 saturated heterocycles. The van der Waals surface area contributed by atoms with Crippen molar-refractivity contribution in [1.82, 2.24) is 10.2 Å². The number of fused-ring (bicyclic) bond motifs is 1. The minimum absolute atomic E-state index is 0.151. The Hall–Kier alpha value is -2.40. The van der Waals surface area contributed by atoms with E-state index in [4.69, 9.17) is 0 Å². The molecule has 2 aromatic rings. The van der Waals surface area contributed by atoms with Crippen molar-refractivity contribution in [3.8, 4) is 0 Å². The Morgan fingerprint density at radius 3 is 2.71 bits per heavy atom. The summed E-state index contributed by atoms with van der Waals surface area (Å²) in [5.74, 6) is -0.607. The van der Waals surface area contributed by atoms with E-state index >= 15 is 0 Å². The van der Waals surface area contributed by atoms with Gasteiger partial charge in [0.1, 0.15) is 5.82 Å². The summed E-state index contributed by atoms with van der Waals surface area (Å²) < 4.78 is 13.4. The Balaban J connectivity index is 1.53. The van der Waals surface area contributed by atoms with Crippen molar-refractivity contribution in [2.24, 2.45) is 0 Å². The van der Waals surface area contributed by atoms with Crippen molar-refractivity contribution in [2.75, 3.05) is 38.1 Å². The zero-order chi connectivity index (χ0) is 19.5. The van der Waals surface area contributed by atoms with E-state index in [1.54, 1.807) is 12.1 Å². The first-order valence-electron chi connectivity index (χ1n) is 10.2. The van der Waals surface area contributed by atoms with Gasteiger partial charge >= 0.3 is 0 Å². The Morgan fingerprint density at radius 1 is 1.11 bits per heavy atom. The molecule has 0 aliphatic carbocycles. The SMILES string of the molecule is CN1CCCc2cc([C@@H](CNC(=O)c3cccc(F)c3)N3CCCC3)ccc21. The minimum Gasteiger partial charge on any atom is -0.374 e. The number of amides is 1. The van der Waals surface area contributed by atoms with E-state index < -0.39 is 0 Å². The fraction of sp³-hybridized carbons (Fsp3) is 0.435. The Bertz CT molecular complexity index is 847. The molecule has 2 aliphatic rings. The molecule has 148 valence electrons. The number of hydrogen-bond acceptors (Lipinski definition) is 3. The molecule has 4 rings (SSSR count). The molecule has 0 unspecified atom stereocenters. The Kier molecular flexibility index (Phi) is 5.62. The number of carbonyl (C=O) groups is 1. The van der Waals surface area contributed by atoms with Crippen LogP contribution < -0.4 is 10.2 Å². The molecule has 1 fully saturated rings. The zero-order valence-corrected chi connectivity index (χ0v) is 16.5. The number of nitrogens with one attached hydrogen (secondary N) is 1. The summed E-state index contributed by atoms with van der Waals surface area (Å²) in [6.45, 7) is 3.74. The van der Waals surface area contributed by atoms with Gasteiger partial charge in [0.05, 0.1) is 6.04 Å². The number of hydrogen-bond donors (Lipinski definition) is 1. The molecule has 4 nitrogen and oxygen atoms in total. The summed E-state index contributed by atoms with van der Waals surface area (Å²) in [5.41, 5.74) is 4.34. The number of likely N-dealkylation sites (tertiary alicyclic amines) is 1. The molecule has 5 heteroatoms. The van der Waals surface area contributed by atoms with E-state index in [2.05, 4.69) is 40.4 Å². The number of carbonyl (C=O) groups excluding carboxylic acids is 1. The predicted octanol–water partition coefficient (Wildman–Crippen LogP) is 3.78. The van der Waals surface area contributed by atoms with E-state index in [9.17, 15) is 9.18 Å². The van der Waals surface area contributed by atoms with Crippen LogP contribution in [0.2, 0.25) is 0 Å². The van der Waals surface area contributed by atoms with Crippen LogP contribution in [0, 0.1) is 5.82 Å². The second kappa shape index (κ2) is 8.31. The minimum atomic E-state index is -0.387. The van der Waals surface area contributed by atoms with E-state index in [1.807, 2.05) is 0 Å². The molecule has 2 heterocycles. The van der Waals surface area contributed by atoms with Crippen LogP contribution in [0.5, 0.6) is 0 Å². The van der Waals surface area contributed by atoms with Crippen LogP contribution in [-0.2, 0) is 6.42 Å². The molecule has 2 aromatic carbocycles. The third kappa shape index (κ3) is 4.04. The molecule has 0 bridgehead atoms. The van der Waals surface area contributed by atoms with E-state index in [0.29, 0.717) is 12.1 Å². The smallest absolute Gasteiger partial charge is 0.251 e. The molecule has 0 aromatic heterocycles. The highest BCUT2D eigenvalue weighted by Gasteiger charge is 2.25. The second-order valence-corrected chi connectivity index (χ2v) is 7.89. The lowest BCUT2D eigenvalue weighted by Gasteiger charge is -2.32. The molecule has 2 aliphatic heterocycles.